The van der Waals surface area contributed by atoms with Crippen molar-refractivity contribution in [1.29, 1.82) is 0 Å². The van der Waals surface area contributed by atoms with E-state index >= 15 is 0 Å². The number of unbranched alkanes of at least 4 members (excludes halogenated alkanes) is 1. The molecule has 2 aromatic carbocycles. The number of carbonyl (C=O) groups is 3. The number of amides is 1. The van der Waals surface area contributed by atoms with Crippen LogP contribution in [-0.2, 0) is 27.5 Å². The van der Waals surface area contributed by atoms with Crippen molar-refractivity contribution < 1.29 is 29.3 Å². The molecule has 1 saturated heterocycles. The lowest BCUT2D eigenvalue weighted by molar-refractivity contribution is -0.159. The molecule has 3 rings (SSSR count). The first-order chi connectivity index (χ1) is 17.3. The number of carbonyl (C=O) groups excluding carboxylic acids is 1. The topological polar surface area (TPSA) is 107 Å². The second-order valence-corrected chi connectivity index (χ2v) is 8.84. The van der Waals surface area contributed by atoms with Gasteiger partial charge < -0.3 is 19.8 Å². The monoisotopic (exact) mass is 498 g/mol. The first kappa shape index (κ1) is 28.8. The summed E-state index contributed by atoms with van der Waals surface area (Å²) >= 11 is 0. The molecule has 0 atom stereocenters. The summed E-state index contributed by atoms with van der Waals surface area (Å²) in [6.07, 6.45) is 4.08. The maximum Gasteiger partial charge on any atom is 0.414 e. The first-order valence-corrected chi connectivity index (χ1v) is 12.6. The van der Waals surface area contributed by atoms with Crippen LogP contribution in [0, 0.1) is 5.92 Å². The molecule has 1 fully saturated rings. The Morgan fingerprint density at radius 3 is 2.06 bits per heavy atom. The maximum atomic E-state index is 13.3. The normalized spacial score (nSPS) is 13.8. The lowest BCUT2D eigenvalue weighted by Gasteiger charge is -2.34. The highest BCUT2D eigenvalue weighted by atomic mass is 16.5. The summed E-state index contributed by atoms with van der Waals surface area (Å²) in [5.41, 5.74) is 2.52. The number of rotatable bonds is 10. The molecule has 1 amide bonds. The zero-order valence-corrected chi connectivity index (χ0v) is 21.3. The van der Waals surface area contributed by atoms with Crippen molar-refractivity contribution in [2.75, 3.05) is 26.2 Å². The number of carboxylic acid groups (broad SMARTS) is 2. The van der Waals surface area contributed by atoms with Crippen LogP contribution < -0.4 is 4.74 Å². The third-order valence-electron chi connectivity index (χ3n) is 6.07. The van der Waals surface area contributed by atoms with Crippen molar-refractivity contribution in [1.82, 2.24) is 9.80 Å². The molecule has 0 aromatic heterocycles. The van der Waals surface area contributed by atoms with Gasteiger partial charge in [-0.25, -0.2) is 9.59 Å². The van der Waals surface area contributed by atoms with E-state index in [4.69, 9.17) is 24.5 Å². The van der Waals surface area contributed by atoms with Crippen LogP contribution in [0.2, 0.25) is 0 Å². The first-order valence-electron chi connectivity index (χ1n) is 12.6. The van der Waals surface area contributed by atoms with Gasteiger partial charge in [-0.3, -0.25) is 9.69 Å². The molecule has 8 nitrogen and oxygen atoms in total. The molecular formula is C28H38N2O6. The minimum absolute atomic E-state index is 0.155. The molecule has 8 heteroatoms. The van der Waals surface area contributed by atoms with Crippen molar-refractivity contribution in [2.24, 2.45) is 5.92 Å². The number of carboxylic acids is 2. The van der Waals surface area contributed by atoms with Crippen molar-refractivity contribution in [3.8, 4) is 5.75 Å². The van der Waals surface area contributed by atoms with Crippen LogP contribution in [0.1, 0.15) is 50.7 Å². The molecule has 196 valence electrons. The molecule has 36 heavy (non-hydrogen) atoms. The van der Waals surface area contributed by atoms with E-state index < -0.39 is 11.9 Å². The summed E-state index contributed by atoms with van der Waals surface area (Å²) in [5, 5.41) is 14.8. The molecule has 1 aliphatic rings. The molecule has 0 saturated carbocycles. The van der Waals surface area contributed by atoms with Crippen LogP contribution in [0.5, 0.6) is 5.75 Å². The van der Waals surface area contributed by atoms with Crippen molar-refractivity contribution in [3.63, 3.8) is 0 Å². The fraction of sp³-hybridized carbons (Fsp3) is 0.464. The van der Waals surface area contributed by atoms with Crippen LogP contribution in [0.15, 0.2) is 54.6 Å². The van der Waals surface area contributed by atoms with Gasteiger partial charge in [0.15, 0.2) is 0 Å². The highest BCUT2D eigenvalue weighted by molar-refractivity contribution is 6.27. The predicted octanol–water partition coefficient (Wildman–Crippen LogP) is 4.28. The summed E-state index contributed by atoms with van der Waals surface area (Å²) in [7, 11) is 0. The van der Waals surface area contributed by atoms with E-state index in [9.17, 15) is 4.79 Å². The Labute approximate surface area is 213 Å². The number of piperidine rings is 1. The van der Waals surface area contributed by atoms with Gasteiger partial charge in [0.1, 0.15) is 5.75 Å². The third-order valence-corrected chi connectivity index (χ3v) is 6.07. The lowest BCUT2D eigenvalue weighted by Crippen LogP contribution is -2.42. The van der Waals surface area contributed by atoms with Crippen LogP contribution >= 0.6 is 0 Å². The van der Waals surface area contributed by atoms with Gasteiger partial charge in [-0.05, 0) is 62.5 Å². The zero-order valence-electron chi connectivity index (χ0n) is 21.3. The molecule has 2 aromatic rings. The molecule has 2 N–H and O–H groups in total. The van der Waals surface area contributed by atoms with E-state index in [0.717, 1.165) is 64.2 Å². The fourth-order valence-corrected chi connectivity index (χ4v) is 4.13. The van der Waals surface area contributed by atoms with E-state index in [1.807, 2.05) is 25.1 Å². The van der Waals surface area contributed by atoms with Gasteiger partial charge in [-0.15, -0.1) is 0 Å². The average Bonchev–Trinajstić information content (AvgIpc) is 2.89. The Morgan fingerprint density at radius 1 is 0.917 bits per heavy atom. The lowest BCUT2D eigenvalue weighted by atomic mass is 9.94. The van der Waals surface area contributed by atoms with Gasteiger partial charge in [0.05, 0.1) is 6.61 Å². The maximum absolute atomic E-state index is 13.3. The van der Waals surface area contributed by atoms with Gasteiger partial charge in [0.25, 0.3) is 0 Å². The number of nitrogens with zero attached hydrogens (tertiary/aromatic N) is 2. The van der Waals surface area contributed by atoms with Gasteiger partial charge in [-0.1, -0.05) is 55.8 Å². The second kappa shape index (κ2) is 15.6. The Hall–Kier alpha value is -3.39. The van der Waals surface area contributed by atoms with Gasteiger partial charge in [0.2, 0.25) is 5.91 Å². The Morgan fingerprint density at radius 2 is 1.53 bits per heavy atom. The van der Waals surface area contributed by atoms with Gasteiger partial charge in [0, 0.05) is 25.6 Å². The van der Waals surface area contributed by atoms with E-state index in [0.29, 0.717) is 12.5 Å². The quantitative estimate of drug-likeness (QED) is 0.471. The van der Waals surface area contributed by atoms with E-state index in [1.54, 1.807) is 0 Å². The van der Waals surface area contributed by atoms with Gasteiger partial charge >= 0.3 is 11.9 Å². The highest BCUT2D eigenvalue weighted by Crippen LogP contribution is 2.23. The Bertz CT molecular complexity index is 928. The number of likely N-dealkylation sites (tertiary alicyclic amines) is 1. The largest absolute Gasteiger partial charge is 0.494 e. The van der Waals surface area contributed by atoms with Crippen molar-refractivity contribution >= 4 is 17.8 Å². The van der Waals surface area contributed by atoms with Crippen LogP contribution in [0.3, 0.4) is 0 Å². The fourth-order valence-electron chi connectivity index (χ4n) is 4.13. The smallest absolute Gasteiger partial charge is 0.414 e. The molecular weight excluding hydrogens is 460 g/mol. The standard InChI is InChI=1S/C26H36N2O2.C2H2O4/c1-3-5-17-28(21-22-9-7-6-8-10-22)26(29)24-15-18-27(19-16-24)20-23-11-13-25(14-12-23)30-4-2;3-1(4)2(5)6/h6-14,24H,3-5,15-21H2,1-2H3;(H,3,4)(H,5,6). The summed E-state index contributed by atoms with van der Waals surface area (Å²) in [6, 6.07) is 18.8. The number of aliphatic carboxylic acids is 2. The number of benzene rings is 2. The molecule has 0 unspecified atom stereocenters. The van der Waals surface area contributed by atoms with Crippen LogP contribution in [0.25, 0.3) is 0 Å². The van der Waals surface area contributed by atoms with Crippen molar-refractivity contribution in [3.05, 3.63) is 65.7 Å². The second-order valence-electron chi connectivity index (χ2n) is 8.84. The summed E-state index contributed by atoms with van der Waals surface area (Å²) in [6.45, 7) is 9.38. The van der Waals surface area contributed by atoms with Crippen molar-refractivity contribution in [2.45, 2.75) is 52.6 Å². The minimum Gasteiger partial charge on any atom is -0.494 e. The summed E-state index contributed by atoms with van der Waals surface area (Å²) < 4.78 is 5.53. The van der Waals surface area contributed by atoms with Crippen LogP contribution in [-0.4, -0.2) is 64.1 Å². The SMILES string of the molecule is CCCCN(Cc1ccccc1)C(=O)C1CCN(Cc2ccc(OCC)cc2)CC1.O=C(O)C(=O)O. The number of ether oxygens (including phenoxy) is 1. The van der Waals surface area contributed by atoms with Gasteiger partial charge in [-0.2, -0.15) is 0 Å². The third kappa shape index (κ3) is 10.1. The van der Waals surface area contributed by atoms with E-state index in [-0.39, 0.29) is 5.92 Å². The molecule has 0 aliphatic carbocycles. The number of hydrogen-bond acceptors (Lipinski definition) is 5. The molecule has 1 aliphatic heterocycles. The predicted molar refractivity (Wildman–Crippen MR) is 138 cm³/mol. The Kier molecular flexibility index (Phi) is 12.5. The molecule has 1 heterocycles. The molecule has 0 spiro atoms. The summed E-state index contributed by atoms with van der Waals surface area (Å²) in [4.78, 5) is 36.0. The zero-order chi connectivity index (χ0) is 26.3. The molecule has 0 bridgehead atoms. The highest BCUT2D eigenvalue weighted by Gasteiger charge is 2.28. The van der Waals surface area contributed by atoms with E-state index in [1.165, 1.54) is 11.1 Å². The average molecular weight is 499 g/mol. The minimum atomic E-state index is -1.82. The molecule has 0 radical (unpaired) electrons. The van der Waals surface area contributed by atoms with E-state index in [2.05, 4.69) is 53.1 Å². The summed E-state index contributed by atoms with van der Waals surface area (Å²) in [5.74, 6) is -2.23. The Balaban J connectivity index is 0.000000678. The number of hydrogen-bond donors (Lipinski definition) is 2. The van der Waals surface area contributed by atoms with Crippen LogP contribution in [0.4, 0.5) is 0 Å².